The van der Waals surface area contributed by atoms with Gasteiger partial charge in [-0.05, 0) is 0 Å². The summed E-state index contributed by atoms with van der Waals surface area (Å²) in [6, 6.07) is 0. The zero-order valence-corrected chi connectivity index (χ0v) is 10.1. The molecule has 0 radical (unpaired) electrons. The predicted octanol–water partition coefficient (Wildman–Crippen LogP) is 3.49. The fourth-order valence-electron chi connectivity index (χ4n) is 0. The SMILES string of the molecule is [Cl][W]([Cl])([Cl])([Cl])([Cl])[Cl].[LiH]. The van der Waals surface area contributed by atoms with E-state index >= 15 is 0 Å². The van der Waals surface area contributed by atoms with Gasteiger partial charge in [0.05, 0.1) is 0 Å². The van der Waals surface area contributed by atoms with E-state index in [1.807, 2.05) is 0 Å². The van der Waals surface area contributed by atoms with Crippen molar-refractivity contribution in [2.45, 2.75) is 0 Å². The average molecular weight is 405 g/mol. The zero-order chi connectivity index (χ0) is 6.41. The van der Waals surface area contributed by atoms with Gasteiger partial charge in [-0.15, -0.1) is 0 Å². The summed E-state index contributed by atoms with van der Waals surface area (Å²) in [4.78, 5) is 0. The van der Waals surface area contributed by atoms with E-state index in [2.05, 4.69) is 0 Å². The third-order valence-corrected chi connectivity index (χ3v) is 0. The van der Waals surface area contributed by atoms with E-state index in [-0.39, 0.29) is 18.9 Å². The van der Waals surface area contributed by atoms with Crippen LogP contribution in [-0.4, -0.2) is 18.9 Å². The number of hydrogen-bond acceptors (Lipinski definition) is 0. The summed E-state index contributed by atoms with van der Waals surface area (Å²) in [5.41, 5.74) is 0. The molecule has 0 aromatic carbocycles. The first-order valence-electron chi connectivity index (χ1n) is 0.926. The average Bonchev–Trinajstić information content (AvgIpc) is 0.592. The second-order valence-corrected chi connectivity index (χ2v) is 64.4. The van der Waals surface area contributed by atoms with Crippen molar-refractivity contribution >= 4 is 75.4 Å². The van der Waals surface area contributed by atoms with Crippen LogP contribution >= 0.6 is 56.5 Å². The van der Waals surface area contributed by atoms with Crippen molar-refractivity contribution in [3.63, 3.8) is 0 Å². The summed E-state index contributed by atoms with van der Waals surface area (Å²) in [7, 11) is 24.9. The molecular weight excluding hydrogens is 403 g/mol. The van der Waals surface area contributed by atoms with Gasteiger partial charge in [0.15, 0.2) is 0 Å². The monoisotopic (exact) mass is 402 g/mol. The molecular formula is HCl6LiW. The van der Waals surface area contributed by atoms with Crippen molar-refractivity contribution in [3.8, 4) is 0 Å². The molecule has 8 heteroatoms. The van der Waals surface area contributed by atoms with Gasteiger partial charge in [-0.25, -0.2) is 0 Å². The molecule has 0 fully saturated rings. The van der Waals surface area contributed by atoms with Gasteiger partial charge in [0, 0.05) is 0 Å². The Morgan fingerprint density at radius 3 is 0.625 bits per heavy atom. The normalized spacial score (nSPS) is 20.2. The molecule has 0 amide bonds. The summed E-state index contributed by atoms with van der Waals surface area (Å²) >= 11 is 0. The van der Waals surface area contributed by atoms with Crippen molar-refractivity contribution in [2.75, 3.05) is 0 Å². The first-order chi connectivity index (χ1) is 2.45. The Balaban J connectivity index is 0. The molecule has 0 bridgehead atoms. The van der Waals surface area contributed by atoms with E-state index < -0.39 is 7.31 Å². The third kappa shape index (κ3) is 63.5. The van der Waals surface area contributed by atoms with Gasteiger partial charge in [0.25, 0.3) is 0 Å². The van der Waals surface area contributed by atoms with Crippen LogP contribution in [0.5, 0.6) is 0 Å². The van der Waals surface area contributed by atoms with Crippen LogP contribution in [0.15, 0.2) is 0 Å². The number of hydrogen-bond donors (Lipinski definition) is 0. The van der Waals surface area contributed by atoms with E-state index in [9.17, 15) is 0 Å². The second kappa shape index (κ2) is 2.51. The van der Waals surface area contributed by atoms with Gasteiger partial charge in [-0.3, -0.25) is 0 Å². The van der Waals surface area contributed by atoms with Gasteiger partial charge in [-0.1, -0.05) is 0 Å². The summed E-state index contributed by atoms with van der Waals surface area (Å²) < 4.78 is 0. The van der Waals surface area contributed by atoms with Gasteiger partial charge >= 0.3 is 82.7 Å². The molecule has 0 rings (SSSR count). The van der Waals surface area contributed by atoms with Crippen molar-refractivity contribution in [1.82, 2.24) is 0 Å². The van der Waals surface area contributed by atoms with Crippen LogP contribution in [0, 0.1) is 0 Å². The molecule has 0 aliphatic rings. The number of rotatable bonds is 0. The first-order valence-corrected chi connectivity index (χ1v) is 22.7. The number of halogens is 6. The molecule has 0 heterocycles. The molecule has 0 aromatic rings. The van der Waals surface area contributed by atoms with Crippen molar-refractivity contribution in [2.24, 2.45) is 0 Å². The van der Waals surface area contributed by atoms with E-state index in [1.165, 1.54) is 0 Å². The molecule has 0 aromatic heterocycles. The van der Waals surface area contributed by atoms with Crippen molar-refractivity contribution < 1.29 is 7.31 Å². The molecule has 0 saturated carbocycles. The Kier molecular flexibility index (Phi) is 4.27. The molecule has 8 heavy (non-hydrogen) atoms. The minimum atomic E-state index is -5.47. The van der Waals surface area contributed by atoms with Crippen LogP contribution < -0.4 is 0 Å². The third-order valence-electron chi connectivity index (χ3n) is 0. The molecule has 0 aliphatic heterocycles. The van der Waals surface area contributed by atoms with E-state index in [0.717, 1.165) is 0 Å². The Hall–Kier alpha value is 3.03. The van der Waals surface area contributed by atoms with Crippen LogP contribution in [0.3, 0.4) is 0 Å². The molecule has 0 spiro atoms. The Bertz CT molecular complexity index is 67.1. The predicted molar refractivity (Wildman–Crippen MR) is 42.3 cm³/mol. The maximum atomic E-state index is 5.07. The fraction of sp³-hybridized carbons (Fsp3) is 0. The molecule has 0 nitrogen and oxygen atoms in total. The van der Waals surface area contributed by atoms with Gasteiger partial charge in [0.1, 0.15) is 0 Å². The summed E-state index contributed by atoms with van der Waals surface area (Å²) in [6.45, 7) is 0. The van der Waals surface area contributed by atoms with E-state index in [1.54, 1.807) is 0 Å². The van der Waals surface area contributed by atoms with E-state index in [4.69, 9.17) is 56.5 Å². The quantitative estimate of drug-likeness (QED) is 0.543. The van der Waals surface area contributed by atoms with Crippen LogP contribution in [-0.2, 0) is 7.31 Å². The Morgan fingerprint density at radius 2 is 0.625 bits per heavy atom. The fourth-order valence-corrected chi connectivity index (χ4v) is 0. The van der Waals surface area contributed by atoms with Gasteiger partial charge < -0.3 is 0 Å². The van der Waals surface area contributed by atoms with Crippen molar-refractivity contribution in [1.29, 1.82) is 0 Å². The van der Waals surface area contributed by atoms with Crippen molar-refractivity contribution in [3.05, 3.63) is 0 Å². The summed E-state index contributed by atoms with van der Waals surface area (Å²) in [5, 5.41) is 0. The topological polar surface area (TPSA) is 0 Å². The maximum absolute atomic E-state index is 5.47. The zero-order valence-electron chi connectivity index (χ0n) is 2.68. The molecule has 0 N–H and O–H groups in total. The van der Waals surface area contributed by atoms with Gasteiger partial charge in [-0.2, -0.15) is 0 Å². The Morgan fingerprint density at radius 1 is 0.625 bits per heavy atom. The van der Waals surface area contributed by atoms with Crippen LogP contribution in [0.2, 0.25) is 0 Å². The first kappa shape index (κ1) is 13.6. The standard InChI is InChI=1S/6ClH.Li.W.H/h6*1H;;;/q;;;;;;;+6;/p-6. The van der Waals surface area contributed by atoms with Gasteiger partial charge in [0.2, 0.25) is 0 Å². The molecule has 50 valence electrons. The summed E-state index contributed by atoms with van der Waals surface area (Å²) in [5.74, 6) is 0. The molecule has 0 unspecified atom stereocenters. The molecule has 0 saturated heterocycles. The molecule has 0 aliphatic carbocycles. The van der Waals surface area contributed by atoms with Crippen LogP contribution in [0.25, 0.3) is 0 Å². The second-order valence-electron chi connectivity index (χ2n) is 0.875. The van der Waals surface area contributed by atoms with Crippen LogP contribution in [0.1, 0.15) is 0 Å². The minimum absolute atomic E-state index is 0. The van der Waals surface area contributed by atoms with Crippen LogP contribution in [0.4, 0.5) is 0 Å². The summed E-state index contributed by atoms with van der Waals surface area (Å²) in [6.07, 6.45) is 0. The molecule has 0 atom stereocenters. The van der Waals surface area contributed by atoms with E-state index in [0.29, 0.717) is 0 Å². The Labute approximate surface area is 81.3 Å².